The van der Waals surface area contributed by atoms with Crippen molar-refractivity contribution >= 4 is 22.1 Å². The molecule has 0 bridgehead atoms. The lowest BCUT2D eigenvalue weighted by atomic mass is 10.0. The van der Waals surface area contributed by atoms with E-state index >= 15 is 0 Å². The van der Waals surface area contributed by atoms with Gasteiger partial charge < -0.3 is 39.5 Å². The van der Waals surface area contributed by atoms with Crippen molar-refractivity contribution < 1.29 is 9.47 Å². The van der Waals surface area contributed by atoms with E-state index in [1.54, 1.807) is 23.4 Å². The lowest BCUT2D eigenvalue weighted by molar-refractivity contribution is 0.191. The van der Waals surface area contributed by atoms with Gasteiger partial charge in [-0.3, -0.25) is 14.6 Å². The van der Waals surface area contributed by atoms with Crippen molar-refractivity contribution in [1.82, 2.24) is 39.2 Å². The van der Waals surface area contributed by atoms with Crippen molar-refractivity contribution in [3.05, 3.63) is 99.1 Å². The second kappa shape index (κ2) is 17.7. The molecule has 0 spiro atoms. The molecule has 2 saturated heterocycles. The van der Waals surface area contributed by atoms with Gasteiger partial charge in [-0.1, -0.05) is 6.07 Å². The molecule has 5 aromatic rings. The molecule has 2 aliphatic rings. The van der Waals surface area contributed by atoms with E-state index in [-0.39, 0.29) is 11.1 Å². The molecule has 276 valence electrons. The number of aryl methyl sites for hydroxylation is 1. The molecule has 13 heteroatoms. The van der Waals surface area contributed by atoms with E-state index in [9.17, 15) is 9.59 Å². The Bertz CT molecular complexity index is 2030. The largest absolute Gasteiger partial charge is 0.497 e. The average Bonchev–Trinajstić information content (AvgIpc) is 3.18. The summed E-state index contributed by atoms with van der Waals surface area (Å²) in [7, 11) is 3.25. The van der Waals surface area contributed by atoms with Gasteiger partial charge in [-0.25, -0.2) is 9.97 Å². The first-order chi connectivity index (χ1) is 25.3. The number of nitrogens with one attached hydrogen (secondary N) is 1. The van der Waals surface area contributed by atoms with E-state index < -0.39 is 0 Å². The quantitative estimate of drug-likeness (QED) is 0.209. The molecule has 2 aliphatic heterocycles. The van der Waals surface area contributed by atoms with E-state index in [1.807, 2.05) is 49.5 Å². The molecule has 2 aromatic carbocycles. The number of likely N-dealkylation sites (tertiary alicyclic amines) is 2. The Morgan fingerprint density at radius 1 is 0.692 bits per heavy atom. The first kappa shape index (κ1) is 37.1. The van der Waals surface area contributed by atoms with Crippen LogP contribution in [0.25, 0.3) is 22.1 Å². The minimum Gasteiger partial charge on any atom is -0.497 e. The van der Waals surface area contributed by atoms with Gasteiger partial charge in [-0.2, -0.15) is 0 Å². The van der Waals surface area contributed by atoms with Crippen molar-refractivity contribution in [2.75, 3.05) is 53.5 Å². The third kappa shape index (κ3) is 9.59. The molecule has 3 N–H and O–H groups in total. The number of ether oxygens (including phenoxy) is 2. The van der Waals surface area contributed by atoms with Gasteiger partial charge in [0.1, 0.15) is 11.5 Å². The van der Waals surface area contributed by atoms with Gasteiger partial charge >= 0.3 is 0 Å². The summed E-state index contributed by atoms with van der Waals surface area (Å²) in [6.07, 6.45) is 9.02. The number of hydrogen-bond donors (Lipinski definition) is 2. The maximum absolute atomic E-state index is 12.4. The van der Waals surface area contributed by atoms with Gasteiger partial charge in [0.25, 0.3) is 11.1 Å². The van der Waals surface area contributed by atoms with Crippen LogP contribution in [0.1, 0.15) is 36.9 Å². The first-order valence-electron chi connectivity index (χ1n) is 18.2. The van der Waals surface area contributed by atoms with Crippen LogP contribution in [-0.2, 0) is 19.6 Å². The normalized spacial score (nSPS) is 16.2. The van der Waals surface area contributed by atoms with Crippen LogP contribution in [0.5, 0.6) is 11.5 Å². The molecule has 5 heterocycles. The van der Waals surface area contributed by atoms with Crippen LogP contribution < -0.4 is 31.6 Å². The predicted molar refractivity (Wildman–Crippen MR) is 204 cm³/mol. The van der Waals surface area contributed by atoms with E-state index in [0.29, 0.717) is 25.2 Å². The van der Waals surface area contributed by atoms with Gasteiger partial charge in [-0.15, -0.1) is 0 Å². The Kier molecular flexibility index (Phi) is 12.6. The molecule has 52 heavy (non-hydrogen) atoms. The number of piperidine rings is 2. The summed E-state index contributed by atoms with van der Waals surface area (Å²) in [5.41, 5.74) is 11.3. The van der Waals surface area contributed by atoms with E-state index in [1.165, 1.54) is 18.0 Å². The molecular formula is C39H51N9O4. The van der Waals surface area contributed by atoms with Crippen LogP contribution >= 0.6 is 0 Å². The fourth-order valence-electron chi connectivity index (χ4n) is 6.88. The number of aromatic nitrogens is 5. The third-order valence-electron chi connectivity index (χ3n) is 10.2. The van der Waals surface area contributed by atoms with Crippen LogP contribution in [0.15, 0.2) is 76.7 Å². The lowest BCUT2D eigenvalue weighted by Gasteiger charge is -2.32. The maximum atomic E-state index is 12.4. The zero-order valence-corrected chi connectivity index (χ0v) is 30.5. The molecule has 13 nitrogen and oxygen atoms in total. The fourth-order valence-corrected chi connectivity index (χ4v) is 6.88. The molecule has 0 amide bonds. The standard InChI is InChI=1S/C23H29N5O2.C16H22N4O2/c1-17-3-4-18(14-24-17)15-25-19-7-9-27(10-8-19)11-12-28-22-13-20(30-2)5-6-21(22)26-16-23(28)29;1-22-13-2-3-14-15(10-13)20(16(21)11-18-14)9-8-19-6-4-12(17)5-7-19/h3-6,13-14,16,19,25H,7-12,15H2,1-2H3;2-3,10-12H,4-9,17H2,1H3. The zero-order chi connectivity index (χ0) is 36.5. The average molecular weight is 710 g/mol. The highest BCUT2D eigenvalue weighted by Gasteiger charge is 2.19. The van der Waals surface area contributed by atoms with Gasteiger partial charge in [0.05, 0.1) is 48.7 Å². The molecule has 0 atom stereocenters. The Balaban J connectivity index is 0.000000187. The SMILES string of the molecule is COc1ccc2ncc(=O)n(CCN3CCC(N)CC3)c2c1.COc1ccc2ncc(=O)n(CCN3CCC(NCc4ccc(C)nc4)CC3)c2c1. The van der Waals surface area contributed by atoms with Gasteiger partial charge in [0.2, 0.25) is 0 Å². The smallest absolute Gasteiger partial charge is 0.269 e. The molecule has 7 rings (SSSR count). The van der Waals surface area contributed by atoms with Gasteiger partial charge in [0, 0.05) is 68.8 Å². The predicted octanol–water partition coefficient (Wildman–Crippen LogP) is 3.19. The summed E-state index contributed by atoms with van der Waals surface area (Å²) >= 11 is 0. The molecule has 0 saturated carbocycles. The topological polar surface area (TPSA) is 146 Å². The van der Waals surface area contributed by atoms with Crippen LogP contribution in [0.4, 0.5) is 0 Å². The van der Waals surface area contributed by atoms with Crippen LogP contribution in [0.3, 0.4) is 0 Å². The highest BCUT2D eigenvalue weighted by molar-refractivity contribution is 5.77. The molecule has 0 radical (unpaired) electrons. The molecule has 0 aliphatic carbocycles. The number of benzene rings is 2. The zero-order valence-electron chi connectivity index (χ0n) is 30.5. The number of methoxy groups -OCH3 is 2. The molecule has 0 unspecified atom stereocenters. The molecular weight excluding hydrogens is 658 g/mol. The van der Waals surface area contributed by atoms with Crippen molar-refractivity contribution in [2.45, 2.75) is 64.3 Å². The second-order valence-corrected chi connectivity index (χ2v) is 13.7. The number of pyridine rings is 1. The fraction of sp³-hybridized carbons (Fsp3) is 0.462. The summed E-state index contributed by atoms with van der Waals surface area (Å²) in [6, 6.07) is 16.3. The first-order valence-corrected chi connectivity index (χ1v) is 18.2. The Hall–Kier alpha value is -4.69. The van der Waals surface area contributed by atoms with Crippen molar-refractivity contribution in [2.24, 2.45) is 5.73 Å². The van der Waals surface area contributed by atoms with E-state index in [4.69, 9.17) is 15.2 Å². The number of rotatable bonds is 11. The van der Waals surface area contributed by atoms with Crippen LogP contribution in [-0.4, -0.2) is 99.5 Å². The summed E-state index contributed by atoms with van der Waals surface area (Å²) in [5.74, 6) is 1.47. The second-order valence-electron chi connectivity index (χ2n) is 13.7. The number of fused-ring (bicyclic) bond motifs is 2. The summed E-state index contributed by atoms with van der Waals surface area (Å²) in [4.78, 5) is 42.2. The van der Waals surface area contributed by atoms with Crippen LogP contribution in [0, 0.1) is 6.92 Å². The summed E-state index contributed by atoms with van der Waals surface area (Å²) < 4.78 is 14.2. The lowest BCUT2D eigenvalue weighted by Crippen LogP contribution is -2.43. The van der Waals surface area contributed by atoms with Gasteiger partial charge in [0.15, 0.2) is 0 Å². The third-order valence-corrected chi connectivity index (χ3v) is 10.2. The molecule has 3 aromatic heterocycles. The minimum absolute atomic E-state index is 0.0704. The van der Waals surface area contributed by atoms with Crippen LogP contribution in [0.2, 0.25) is 0 Å². The summed E-state index contributed by atoms with van der Waals surface area (Å²) in [5, 5.41) is 3.65. The number of hydrogen-bond acceptors (Lipinski definition) is 11. The highest BCUT2D eigenvalue weighted by Crippen LogP contribution is 2.20. The number of nitrogens with two attached hydrogens (primary N) is 1. The minimum atomic E-state index is -0.0746. The highest BCUT2D eigenvalue weighted by atomic mass is 16.5. The van der Waals surface area contributed by atoms with Crippen molar-refractivity contribution in [1.29, 1.82) is 0 Å². The monoisotopic (exact) mass is 709 g/mol. The summed E-state index contributed by atoms with van der Waals surface area (Å²) in [6.45, 7) is 9.94. The van der Waals surface area contributed by atoms with Crippen molar-refractivity contribution in [3.8, 4) is 11.5 Å². The number of nitrogens with zero attached hydrogens (tertiary/aromatic N) is 7. The van der Waals surface area contributed by atoms with Crippen molar-refractivity contribution in [3.63, 3.8) is 0 Å². The van der Waals surface area contributed by atoms with E-state index in [2.05, 4.69) is 42.2 Å². The van der Waals surface area contributed by atoms with E-state index in [0.717, 1.165) is 111 Å². The molecule has 2 fully saturated rings. The Labute approximate surface area is 304 Å². The maximum Gasteiger partial charge on any atom is 0.269 e. The van der Waals surface area contributed by atoms with Gasteiger partial charge in [-0.05, 0) is 94.7 Å². The Morgan fingerprint density at radius 3 is 1.69 bits per heavy atom. The Morgan fingerprint density at radius 2 is 1.21 bits per heavy atom.